The van der Waals surface area contributed by atoms with E-state index in [1.165, 1.54) is 4.88 Å². The SMILES string of the molecule is CN(Cc1cccs1)C(=O)CN1CCC[C@@H](N)C1.Cl. The molecule has 4 nitrogen and oxygen atoms in total. The molecule has 2 heterocycles. The van der Waals surface area contributed by atoms with Gasteiger partial charge in [0.05, 0.1) is 13.1 Å². The van der Waals surface area contributed by atoms with Gasteiger partial charge in [0, 0.05) is 24.5 Å². The Bertz CT molecular complexity index is 385. The minimum absolute atomic E-state index is 0. The first kappa shape index (κ1) is 16.4. The Balaban J connectivity index is 0.00000180. The lowest BCUT2D eigenvalue weighted by Crippen LogP contribution is -2.47. The number of rotatable bonds is 4. The molecule has 108 valence electrons. The molecule has 1 aliphatic heterocycles. The largest absolute Gasteiger partial charge is 0.340 e. The maximum atomic E-state index is 12.1. The van der Waals surface area contributed by atoms with Gasteiger partial charge >= 0.3 is 0 Å². The number of hydrogen-bond donors (Lipinski definition) is 1. The summed E-state index contributed by atoms with van der Waals surface area (Å²) in [6, 6.07) is 4.31. The van der Waals surface area contributed by atoms with Crippen molar-refractivity contribution >= 4 is 29.7 Å². The summed E-state index contributed by atoms with van der Waals surface area (Å²) in [5.74, 6) is 0.178. The maximum Gasteiger partial charge on any atom is 0.236 e. The second-order valence-electron chi connectivity index (χ2n) is 4.97. The van der Waals surface area contributed by atoms with E-state index in [1.807, 2.05) is 18.5 Å². The van der Waals surface area contributed by atoms with Crippen molar-refractivity contribution in [1.82, 2.24) is 9.80 Å². The molecule has 2 N–H and O–H groups in total. The highest BCUT2D eigenvalue weighted by atomic mass is 35.5. The van der Waals surface area contributed by atoms with Crippen molar-refractivity contribution < 1.29 is 4.79 Å². The van der Waals surface area contributed by atoms with E-state index in [0.29, 0.717) is 13.1 Å². The van der Waals surface area contributed by atoms with Crippen LogP contribution in [0.3, 0.4) is 0 Å². The molecular formula is C13H22ClN3OS. The fourth-order valence-corrected chi connectivity index (χ4v) is 3.03. The van der Waals surface area contributed by atoms with E-state index in [-0.39, 0.29) is 24.4 Å². The minimum Gasteiger partial charge on any atom is -0.340 e. The van der Waals surface area contributed by atoms with E-state index < -0.39 is 0 Å². The van der Waals surface area contributed by atoms with Crippen LogP contribution in [-0.4, -0.2) is 48.4 Å². The second kappa shape index (κ2) is 7.85. The van der Waals surface area contributed by atoms with Gasteiger partial charge < -0.3 is 10.6 Å². The zero-order chi connectivity index (χ0) is 13.0. The van der Waals surface area contributed by atoms with Crippen LogP contribution in [0.1, 0.15) is 17.7 Å². The summed E-state index contributed by atoms with van der Waals surface area (Å²) in [5.41, 5.74) is 5.92. The first-order valence-electron chi connectivity index (χ1n) is 6.39. The van der Waals surface area contributed by atoms with Crippen molar-refractivity contribution in [3.05, 3.63) is 22.4 Å². The topological polar surface area (TPSA) is 49.6 Å². The molecule has 1 aromatic rings. The lowest BCUT2D eigenvalue weighted by atomic mass is 10.1. The first-order valence-corrected chi connectivity index (χ1v) is 7.27. The number of nitrogens with zero attached hydrogens (tertiary/aromatic N) is 2. The molecule has 2 rings (SSSR count). The van der Waals surface area contributed by atoms with Crippen LogP contribution in [-0.2, 0) is 11.3 Å². The number of amides is 1. The summed E-state index contributed by atoms with van der Waals surface area (Å²) in [6.45, 7) is 3.04. The Morgan fingerprint density at radius 3 is 3.05 bits per heavy atom. The first-order chi connectivity index (χ1) is 8.65. The van der Waals surface area contributed by atoms with Crippen molar-refractivity contribution in [2.75, 3.05) is 26.7 Å². The van der Waals surface area contributed by atoms with Crippen molar-refractivity contribution in [1.29, 1.82) is 0 Å². The summed E-state index contributed by atoms with van der Waals surface area (Å²) in [7, 11) is 1.87. The number of carbonyl (C=O) groups is 1. The Morgan fingerprint density at radius 2 is 2.42 bits per heavy atom. The zero-order valence-corrected chi connectivity index (χ0v) is 12.9. The highest BCUT2D eigenvalue weighted by Crippen LogP contribution is 2.12. The molecular weight excluding hydrogens is 282 g/mol. The molecule has 1 aliphatic rings. The molecule has 1 atom stereocenters. The van der Waals surface area contributed by atoms with Gasteiger partial charge in [-0.1, -0.05) is 6.07 Å². The quantitative estimate of drug-likeness (QED) is 0.918. The molecule has 0 saturated carbocycles. The smallest absolute Gasteiger partial charge is 0.236 e. The van der Waals surface area contributed by atoms with Crippen LogP contribution in [0.15, 0.2) is 17.5 Å². The molecule has 1 saturated heterocycles. The van der Waals surface area contributed by atoms with Crippen LogP contribution in [0.2, 0.25) is 0 Å². The highest BCUT2D eigenvalue weighted by Gasteiger charge is 2.20. The van der Waals surface area contributed by atoms with Crippen LogP contribution in [0.5, 0.6) is 0 Å². The van der Waals surface area contributed by atoms with Gasteiger partial charge in [0.1, 0.15) is 0 Å². The van der Waals surface area contributed by atoms with Gasteiger partial charge in [-0.05, 0) is 30.8 Å². The van der Waals surface area contributed by atoms with Crippen molar-refractivity contribution in [2.45, 2.75) is 25.4 Å². The third-order valence-corrected chi connectivity index (χ3v) is 4.16. The number of piperidine rings is 1. The summed E-state index contributed by atoms with van der Waals surface area (Å²) in [5, 5.41) is 2.04. The van der Waals surface area contributed by atoms with Crippen LogP contribution in [0, 0.1) is 0 Å². The van der Waals surface area contributed by atoms with Gasteiger partial charge in [-0.2, -0.15) is 0 Å². The molecule has 0 spiro atoms. The molecule has 0 aromatic carbocycles. The maximum absolute atomic E-state index is 12.1. The van der Waals surface area contributed by atoms with Crippen molar-refractivity contribution in [2.24, 2.45) is 5.73 Å². The molecule has 1 amide bonds. The molecule has 6 heteroatoms. The Labute approximate surface area is 125 Å². The second-order valence-corrected chi connectivity index (χ2v) is 6.00. The highest BCUT2D eigenvalue weighted by molar-refractivity contribution is 7.09. The molecule has 1 fully saturated rings. The van der Waals surface area contributed by atoms with E-state index in [4.69, 9.17) is 5.73 Å². The molecule has 19 heavy (non-hydrogen) atoms. The van der Waals surface area contributed by atoms with Crippen LogP contribution < -0.4 is 5.73 Å². The summed E-state index contributed by atoms with van der Waals surface area (Å²) >= 11 is 1.69. The number of likely N-dealkylation sites (N-methyl/N-ethyl adjacent to an activating group) is 1. The van der Waals surface area contributed by atoms with Crippen LogP contribution in [0.25, 0.3) is 0 Å². The molecule has 0 bridgehead atoms. The number of thiophene rings is 1. The fourth-order valence-electron chi connectivity index (χ4n) is 2.27. The molecule has 0 radical (unpaired) electrons. The lowest BCUT2D eigenvalue weighted by molar-refractivity contribution is -0.131. The van der Waals surface area contributed by atoms with Crippen molar-refractivity contribution in [3.8, 4) is 0 Å². The number of likely N-dealkylation sites (tertiary alicyclic amines) is 1. The average Bonchev–Trinajstić information content (AvgIpc) is 2.81. The predicted octanol–water partition coefficient (Wildman–Crippen LogP) is 1.55. The third-order valence-electron chi connectivity index (χ3n) is 3.30. The Hall–Kier alpha value is -0.620. The minimum atomic E-state index is 0. The van der Waals surface area contributed by atoms with Gasteiger partial charge in [-0.3, -0.25) is 9.69 Å². The van der Waals surface area contributed by atoms with E-state index in [2.05, 4.69) is 11.0 Å². The summed E-state index contributed by atoms with van der Waals surface area (Å²) in [6.07, 6.45) is 2.18. The van der Waals surface area contributed by atoms with E-state index in [9.17, 15) is 4.79 Å². The monoisotopic (exact) mass is 303 g/mol. The third kappa shape index (κ3) is 5.10. The lowest BCUT2D eigenvalue weighted by Gasteiger charge is -2.31. The van der Waals surface area contributed by atoms with Gasteiger partial charge in [0.2, 0.25) is 5.91 Å². The Kier molecular flexibility index (Phi) is 6.79. The van der Waals surface area contributed by atoms with Crippen LogP contribution in [0.4, 0.5) is 0 Å². The zero-order valence-electron chi connectivity index (χ0n) is 11.2. The fraction of sp³-hybridized carbons (Fsp3) is 0.615. The number of halogens is 1. The average molecular weight is 304 g/mol. The number of carbonyl (C=O) groups excluding carboxylic acids is 1. The van der Waals surface area contributed by atoms with Gasteiger partial charge in [-0.25, -0.2) is 0 Å². The van der Waals surface area contributed by atoms with E-state index >= 15 is 0 Å². The van der Waals surface area contributed by atoms with Gasteiger partial charge in [0.15, 0.2) is 0 Å². The molecule has 0 unspecified atom stereocenters. The van der Waals surface area contributed by atoms with E-state index in [0.717, 1.165) is 25.9 Å². The predicted molar refractivity (Wildman–Crippen MR) is 81.7 cm³/mol. The van der Waals surface area contributed by atoms with Gasteiger partial charge in [0.25, 0.3) is 0 Å². The molecule has 1 aromatic heterocycles. The van der Waals surface area contributed by atoms with Crippen LogP contribution >= 0.6 is 23.7 Å². The summed E-state index contributed by atoms with van der Waals surface area (Å²) in [4.78, 5) is 17.3. The summed E-state index contributed by atoms with van der Waals surface area (Å²) < 4.78 is 0. The number of nitrogens with two attached hydrogens (primary N) is 1. The standard InChI is InChI=1S/C13H21N3OS.ClH/c1-15(9-12-5-3-7-18-12)13(17)10-16-6-2-4-11(14)8-16;/h3,5,7,11H,2,4,6,8-10,14H2,1H3;1H/t11-;/m1./s1. The normalized spacial score (nSPS) is 19.8. The van der Waals surface area contributed by atoms with E-state index in [1.54, 1.807) is 16.2 Å². The Morgan fingerprint density at radius 1 is 1.63 bits per heavy atom. The number of hydrogen-bond acceptors (Lipinski definition) is 4. The molecule has 0 aliphatic carbocycles. The van der Waals surface area contributed by atoms with Gasteiger partial charge in [-0.15, -0.1) is 23.7 Å². The van der Waals surface area contributed by atoms with Crippen molar-refractivity contribution in [3.63, 3.8) is 0 Å².